The van der Waals surface area contributed by atoms with Gasteiger partial charge in [0.15, 0.2) is 0 Å². The third-order valence-electron chi connectivity index (χ3n) is 2.93. The third kappa shape index (κ3) is 5.43. The van der Waals surface area contributed by atoms with E-state index in [0.717, 1.165) is 12.5 Å². The van der Waals surface area contributed by atoms with Crippen LogP contribution in [0.15, 0.2) is 11.6 Å². The van der Waals surface area contributed by atoms with E-state index in [9.17, 15) is 0 Å². The van der Waals surface area contributed by atoms with Crippen LogP contribution >= 0.6 is 0 Å². The summed E-state index contributed by atoms with van der Waals surface area (Å²) in [5, 5.41) is 3.52. The predicted molar refractivity (Wildman–Crippen MR) is 65.6 cm³/mol. The summed E-state index contributed by atoms with van der Waals surface area (Å²) in [4.78, 5) is 0. The molecular weight excluding hydrogens is 170 g/mol. The zero-order valence-electron chi connectivity index (χ0n) is 10.6. The summed E-state index contributed by atoms with van der Waals surface area (Å²) in [6, 6.07) is 0.538. The Balaban J connectivity index is 4.06. The number of nitrogens with one attached hydrogen (secondary N) is 1. The van der Waals surface area contributed by atoms with Crippen LogP contribution in [-0.4, -0.2) is 12.6 Å². The zero-order chi connectivity index (χ0) is 11.0. The molecule has 1 N–H and O–H groups in total. The molecule has 0 aromatic heterocycles. The van der Waals surface area contributed by atoms with Crippen LogP contribution in [0.3, 0.4) is 0 Å². The highest BCUT2D eigenvalue weighted by Gasteiger charge is 2.05. The molecule has 0 heterocycles. The van der Waals surface area contributed by atoms with Gasteiger partial charge in [-0.25, -0.2) is 0 Å². The van der Waals surface area contributed by atoms with Gasteiger partial charge in [0.05, 0.1) is 0 Å². The number of hydrogen-bond donors (Lipinski definition) is 1. The Labute approximate surface area is 90.0 Å². The fourth-order valence-electron chi connectivity index (χ4n) is 1.56. The lowest BCUT2D eigenvalue weighted by atomic mass is 9.98. The van der Waals surface area contributed by atoms with Crippen LogP contribution in [0.1, 0.15) is 53.9 Å². The summed E-state index contributed by atoms with van der Waals surface area (Å²) < 4.78 is 0. The first kappa shape index (κ1) is 13.7. The molecule has 0 saturated carbocycles. The van der Waals surface area contributed by atoms with E-state index in [2.05, 4.69) is 46.0 Å². The molecule has 0 radical (unpaired) electrons. The normalized spacial score (nSPS) is 14.9. The standard InChI is InChI=1S/C13H27N/c1-6-9-14-12(5)11(4)10-13(7-2)8-3/h10,12-14H,6-9H2,1-5H3. The first-order valence-electron chi connectivity index (χ1n) is 6.07. The third-order valence-corrected chi connectivity index (χ3v) is 2.93. The molecule has 0 spiro atoms. The average Bonchev–Trinajstić information content (AvgIpc) is 2.21. The van der Waals surface area contributed by atoms with E-state index in [1.807, 2.05) is 0 Å². The lowest BCUT2D eigenvalue weighted by Gasteiger charge is -2.16. The number of rotatable bonds is 7. The highest BCUT2D eigenvalue weighted by Crippen LogP contribution is 2.13. The minimum Gasteiger partial charge on any atom is -0.311 e. The summed E-state index contributed by atoms with van der Waals surface area (Å²) >= 11 is 0. The van der Waals surface area contributed by atoms with Gasteiger partial charge in [-0.1, -0.05) is 32.4 Å². The van der Waals surface area contributed by atoms with E-state index in [1.165, 1.54) is 24.8 Å². The molecule has 84 valence electrons. The maximum absolute atomic E-state index is 3.52. The summed E-state index contributed by atoms with van der Waals surface area (Å²) in [6.45, 7) is 12.4. The summed E-state index contributed by atoms with van der Waals surface area (Å²) in [5.41, 5.74) is 1.49. The highest BCUT2D eigenvalue weighted by atomic mass is 14.9. The van der Waals surface area contributed by atoms with Crippen molar-refractivity contribution < 1.29 is 0 Å². The molecule has 1 heteroatoms. The van der Waals surface area contributed by atoms with E-state index in [0.29, 0.717) is 6.04 Å². The predicted octanol–water partition coefficient (Wildman–Crippen LogP) is 3.76. The fraction of sp³-hybridized carbons (Fsp3) is 0.846. The van der Waals surface area contributed by atoms with Gasteiger partial charge in [-0.3, -0.25) is 0 Å². The molecule has 0 aromatic rings. The van der Waals surface area contributed by atoms with Crippen molar-refractivity contribution in [2.24, 2.45) is 5.92 Å². The van der Waals surface area contributed by atoms with Crippen LogP contribution in [0, 0.1) is 5.92 Å². The van der Waals surface area contributed by atoms with Crippen molar-refractivity contribution in [3.05, 3.63) is 11.6 Å². The molecule has 0 rings (SSSR count). The SMILES string of the molecule is CCCNC(C)C(C)=CC(CC)CC. The Bertz CT molecular complexity index is 157. The quantitative estimate of drug-likeness (QED) is 0.613. The Morgan fingerprint density at radius 3 is 2.21 bits per heavy atom. The fourth-order valence-corrected chi connectivity index (χ4v) is 1.56. The maximum atomic E-state index is 3.52. The van der Waals surface area contributed by atoms with Crippen molar-refractivity contribution in [2.45, 2.75) is 59.9 Å². The molecule has 14 heavy (non-hydrogen) atoms. The Morgan fingerprint density at radius 2 is 1.79 bits per heavy atom. The molecule has 0 aliphatic rings. The largest absolute Gasteiger partial charge is 0.311 e. The van der Waals surface area contributed by atoms with Gasteiger partial charge in [0.25, 0.3) is 0 Å². The Hall–Kier alpha value is -0.300. The molecule has 0 saturated heterocycles. The van der Waals surface area contributed by atoms with Gasteiger partial charge in [0.1, 0.15) is 0 Å². The lowest BCUT2D eigenvalue weighted by Crippen LogP contribution is -2.27. The minimum atomic E-state index is 0.538. The van der Waals surface area contributed by atoms with Gasteiger partial charge in [-0.2, -0.15) is 0 Å². The van der Waals surface area contributed by atoms with Crippen LogP contribution in [-0.2, 0) is 0 Å². The number of hydrogen-bond acceptors (Lipinski definition) is 1. The molecular formula is C13H27N. The van der Waals surface area contributed by atoms with Crippen molar-refractivity contribution >= 4 is 0 Å². The van der Waals surface area contributed by atoms with Gasteiger partial charge in [0, 0.05) is 6.04 Å². The van der Waals surface area contributed by atoms with E-state index >= 15 is 0 Å². The molecule has 1 nitrogen and oxygen atoms in total. The van der Waals surface area contributed by atoms with Gasteiger partial charge in [0.2, 0.25) is 0 Å². The molecule has 1 unspecified atom stereocenters. The van der Waals surface area contributed by atoms with Crippen molar-refractivity contribution in [3.8, 4) is 0 Å². The van der Waals surface area contributed by atoms with Crippen molar-refractivity contribution in [1.82, 2.24) is 5.32 Å². The average molecular weight is 197 g/mol. The van der Waals surface area contributed by atoms with Crippen LogP contribution < -0.4 is 5.32 Å². The summed E-state index contributed by atoms with van der Waals surface area (Å²) in [5.74, 6) is 0.765. The van der Waals surface area contributed by atoms with Crippen LogP contribution in [0.5, 0.6) is 0 Å². The minimum absolute atomic E-state index is 0.538. The molecule has 0 amide bonds. The van der Waals surface area contributed by atoms with Crippen LogP contribution in [0.2, 0.25) is 0 Å². The van der Waals surface area contributed by atoms with Crippen molar-refractivity contribution in [1.29, 1.82) is 0 Å². The second-order valence-electron chi connectivity index (χ2n) is 4.16. The summed E-state index contributed by atoms with van der Waals surface area (Å²) in [6.07, 6.45) is 6.17. The van der Waals surface area contributed by atoms with Gasteiger partial charge < -0.3 is 5.32 Å². The van der Waals surface area contributed by atoms with Gasteiger partial charge in [-0.15, -0.1) is 0 Å². The molecule has 0 aliphatic carbocycles. The maximum Gasteiger partial charge on any atom is 0.0248 e. The van der Waals surface area contributed by atoms with Crippen LogP contribution in [0.25, 0.3) is 0 Å². The monoisotopic (exact) mass is 197 g/mol. The topological polar surface area (TPSA) is 12.0 Å². The second-order valence-corrected chi connectivity index (χ2v) is 4.16. The molecule has 0 aromatic carbocycles. The first-order chi connectivity index (χ1) is 6.65. The molecule has 0 bridgehead atoms. The number of allylic oxidation sites excluding steroid dienone is 1. The van der Waals surface area contributed by atoms with E-state index in [-0.39, 0.29) is 0 Å². The summed E-state index contributed by atoms with van der Waals surface area (Å²) in [7, 11) is 0. The molecule has 1 atom stereocenters. The Morgan fingerprint density at radius 1 is 1.21 bits per heavy atom. The van der Waals surface area contributed by atoms with E-state index < -0.39 is 0 Å². The lowest BCUT2D eigenvalue weighted by molar-refractivity contribution is 0.569. The molecule has 0 fully saturated rings. The first-order valence-corrected chi connectivity index (χ1v) is 6.07. The smallest absolute Gasteiger partial charge is 0.0248 e. The van der Waals surface area contributed by atoms with Crippen molar-refractivity contribution in [2.75, 3.05) is 6.54 Å². The highest BCUT2D eigenvalue weighted by molar-refractivity contribution is 5.08. The molecule has 0 aliphatic heterocycles. The van der Waals surface area contributed by atoms with Crippen molar-refractivity contribution in [3.63, 3.8) is 0 Å². The Kier molecular flexibility index (Phi) is 7.87. The van der Waals surface area contributed by atoms with Gasteiger partial charge in [-0.05, 0) is 45.6 Å². The van der Waals surface area contributed by atoms with Gasteiger partial charge >= 0.3 is 0 Å². The zero-order valence-corrected chi connectivity index (χ0v) is 10.6. The van der Waals surface area contributed by atoms with E-state index in [4.69, 9.17) is 0 Å². The van der Waals surface area contributed by atoms with Crippen LogP contribution in [0.4, 0.5) is 0 Å². The van der Waals surface area contributed by atoms with E-state index in [1.54, 1.807) is 0 Å². The second kappa shape index (κ2) is 8.05.